The van der Waals surface area contributed by atoms with E-state index in [1.165, 1.54) is 0 Å². The lowest BCUT2D eigenvalue weighted by molar-refractivity contribution is 0.0991. The van der Waals surface area contributed by atoms with Crippen molar-refractivity contribution in [3.05, 3.63) is 71.9 Å². The Morgan fingerprint density at radius 2 is 1.94 bits per heavy atom. The second-order valence-electron chi connectivity index (χ2n) is 8.82. The number of aromatic nitrogens is 1. The van der Waals surface area contributed by atoms with E-state index in [-0.39, 0.29) is 6.02 Å². The summed E-state index contributed by atoms with van der Waals surface area (Å²) >= 11 is 0. The molecule has 7 heteroatoms. The number of anilines is 1. The third-order valence-corrected chi connectivity index (χ3v) is 6.98. The van der Waals surface area contributed by atoms with Crippen LogP contribution < -0.4 is 15.4 Å². The lowest BCUT2D eigenvalue weighted by Crippen LogP contribution is -2.38. The van der Waals surface area contributed by atoms with Gasteiger partial charge in [0, 0.05) is 12.1 Å². The molecule has 0 amide bonds. The van der Waals surface area contributed by atoms with Gasteiger partial charge in [-0.2, -0.15) is 0 Å². The largest absolute Gasteiger partial charge is 0.462 e. The van der Waals surface area contributed by atoms with Gasteiger partial charge < -0.3 is 24.8 Å². The summed E-state index contributed by atoms with van der Waals surface area (Å²) in [5.74, 6) is 1.28. The van der Waals surface area contributed by atoms with Gasteiger partial charge in [-0.15, -0.1) is 0 Å². The molecule has 7 nitrogen and oxygen atoms in total. The fourth-order valence-electron chi connectivity index (χ4n) is 5.40. The molecular formula is C25H22N4O3. The first-order valence-electron chi connectivity index (χ1n) is 10.9. The molecule has 7 rings (SSSR count). The molecule has 4 aliphatic heterocycles. The maximum Gasteiger partial charge on any atom is 0.283 e. The Kier molecular flexibility index (Phi) is 3.64. The van der Waals surface area contributed by atoms with Crippen LogP contribution in [0.3, 0.4) is 0 Å². The SMILES string of the molecule is NC1=N[C@@]2(CO1)c1cc(-c3ccccc3)ccc1Oc1ncc(N3C[C@@H]4C[C@H]3CO4)cc12. The summed E-state index contributed by atoms with van der Waals surface area (Å²) < 4.78 is 17.8. The Morgan fingerprint density at radius 1 is 1.03 bits per heavy atom. The van der Waals surface area contributed by atoms with Crippen LogP contribution in [0.5, 0.6) is 11.6 Å². The van der Waals surface area contributed by atoms with E-state index in [0.29, 0.717) is 24.6 Å². The number of fused-ring (bicyclic) bond motifs is 6. The third-order valence-electron chi connectivity index (χ3n) is 6.98. The maximum atomic E-state index is 6.25. The molecule has 0 radical (unpaired) electrons. The molecule has 0 saturated carbocycles. The van der Waals surface area contributed by atoms with Gasteiger partial charge >= 0.3 is 0 Å². The van der Waals surface area contributed by atoms with Crippen molar-refractivity contribution >= 4 is 11.7 Å². The topological polar surface area (TPSA) is 82.2 Å². The zero-order chi connectivity index (χ0) is 21.3. The maximum absolute atomic E-state index is 6.25. The van der Waals surface area contributed by atoms with Crippen LogP contribution in [0.15, 0.2) is 65.8 Å². The minimum Gasteiger partial charge on any atom is -0.462 e. The molecule has 3 aromatic rings. The molecule has 2 aromatic carbocycles. The monoisotopic (exact) mass is 426 g/mol. The van der Waals surface area contributed by atoms with Gasteiger partial charge in [0.05, 0.1) is 36.2 Å². The summed E-state index contributed by atoms with van der Waals surface area (Å²) in [6.07, 6.45) is 3.26. The Morgan fingerprint density at radius 3 is 2.69 bits per heavy atom. The summed E-state index contributed by atoms with van der Waals surface area (Å²) in [7, 11) is 0. The molecule has 2 bridgehead atoms. The molecule has 2 N–H and O–H groups in total. The van der Waals surface area contributed by atoms with E-state index in [1.54, 1.807) is 0 Å². The van der Waals surface area contributed by atoms with Crippen LogP contribution in [0.25, 0.3) is 11.1 Å². The van der Waals surface area contributed by atoms with E-state index in [1.807, 2.05) is 30.5 Å². The van der Waals surface area contributed by atoms with E-state index in [4.69, 9.17) is 29.9 Å². The summed E-state index contributed by atoms with van der Waals surface area (Å²) in [6.45, 7) is 1.97. The number of hydrogen-bond donors (Lipinski definition) is 1. The molecule has 32 heavy (non-hydrogen) atoms. The van der Waals surface area contributed by atoms with Crippen molar-refractivity contribution in [3.63, 3.8) is 0 Å². The van der Waals surface area contributed by atoms with Crippen LogP contribution in [0.1, 0.15) is 17.5 Å². The Hall–Kier alpha value is -3.58. The van der Waals surface area contributed by atoms with Gasteiger partial charge in [-0.25, -0.2) is 9.98 Å². The number of pyridine rings is 1. The number of morpholine rings is 1. The molecule has 4 aliphatic rings. The molecule has 5 heterocycles. The number of ether oxygens (including phenoxy) is 3. The molecule has 3 atom stereocenters. The van der Waals surface area contributed by atoms with Crippen molar-refractivity contribution in [2.75, 3.05) is 24.7 Å². The van der Waals surface area contributed by atoms with Crippen molar-refractivity contribution in [2.45, 2.75) is 24.1 Å². The van der Waals surface area contributed by atoms with Gasteiger partial charge in [0.15, 0.2) is 5.54 Å². The number of aliphatic imine (C=N–C) groups is 1. The van der Waals surface area contributed by atoms with Crippen molar-refractivity contribution in [1.29, 1.82) is 0 Å². The zero-order valence-electron chi connectivity index (χ0n) is 17.4. The van der Waals surface area contributed by atoms with Gasteiger partial charge in [-0.05, 0) is 35.7 Å². The summed E-state index contributed by atoms with van der Waals surface area (Å²) in [6, 6.07) is 19.2. The highest BCUT2D eigenvalue weighted by molar-refractivity contribution is 5.78. The highest BCUT2D eigenvalue weighted by atomic mass is 16.5. The smallest absolute Gasteiger partial charge is 0.283 e. The first-order valence-corrected chi connectivity index (χ1v) is 10.9. The first-order chi connectivity index (χ1) is 15.7. The number of amidine groups is 1. The van der Waals surface area contributed by atoms with Gasteiger partial charge in [0.1, 0.15) is 12.4 Å². The van der Waals surface area contributed by atoms with Crippen LogP contribution in [0.2, 0.25) is 0 Å². The fourth-order valence-corrected chi connectivity index (χ4v) is 5.40. The minimum atomic E-state index is -0.782. The quantitative estimate of drug-likeness (QED) is 0.676. The summed E-state index contributed by atoms with van der Waals surface area (Å²) in [5, 5.41) is 0. The van der Waals surface area contributed by atoms with Crippen LogP contribution in [-0.2, 0) is 15.0 Å². The number of rotatable bonds is 2. The van der Waals surface area contributed by atoms with Crippen molar-refractivity contribution in [3.8, 4) is 22.8 Å². The molecule has 2 fully saturated rings. The molecule has 1 spiro atoms. The highest BCUT2D eigenvalue weighted by Crippen LogP contribution is 2.52. The molecular weight excluding hydrogens is 404 g/mol. The minimum absolute atomic E-state index is 0.188. The number of benzene rings is 2. The fraction of sp³-hybridized carbons (Fsp3) is 0.280. The van der Waals surface area contributed by atoms with Gasteiger partial charge in [0.25, 0.3) is 6.02 Å². The second-order valence-corrected chi connectivity index (χ2v) is 8.82. The standard InChI is InChI=1S/C25H22N4O3/c26-24-28-25(14-31-24)20-8-16(15-4-2-1-3-5-15)6-7-22(20)32-23-21(25)10-17(11-27-23)29-12-19-9-18(29)13-30-19/h1-8,10-11,18-19H,9,12-14H2,(H2,26,28)/t18-,19-,25-/m0/s1. The van der Waals surface area contributed by atoms with Crippen molar-refractivity contribution < 1.29 is 14.2 Å². The van der Waals surface area contributed by atoms with Crippen LogP contribution in [-0.4, -0.2) is 42.9 Å². The normalized spacial score (nSPS) is 27.0. The second kappa shape index (κ2) is 6.46. The molecule has 2 saturated heterocycles. The first kappa shape index (κ1) is 18.0. The number of nitrogens with two attached hydrogens (primary N) is 1. The van der Waals surface area contributed by atoms with Crippen LogP contribution >= 0.6 is 0 Å². The van der Waals surface area contributed by atoms with Gasteiger partial charge in [0.2, 0.25) is 5.88 Å². The van der Waals surface area contributed by atoms with E-state index in [0.717, 1.165) is 53.3 Å². The van der Waals surface area contributed by atoms with Crippen LogP contribution in [0.4, 0.5) is 5.69 Å². The van der Waals surface area contributed by atoms with Gasteiger partial charge in [-0.1, -0.05) is 36.4 Å². The number of hydrogen-bond acceptors (Lipinski definition) is 7. The Balaban J connectivity index is 1.38. The van der Waals surface area contributed by atoms with Crippen LogP contribution in [0, 0.1) is 0 Å². The highest BCUT2D eigenvalue weighted by Gasteiger charge is 2.48. The van der Waals surface area contributed by atoms with Crippen molar-refractivity contribution in [1.82, 2.24) is 4.98 Å². The number of nitrogens with zero attached hydrogens (tertiary/aromatic N) is 3. The lowest BCUT2D eigenvalue weighted by Gasteiger charge is -2.35. The predicted octanol–water partition coefficient (Wildman–Crippen LogP) is 3.42. The third kappa shape index (κ3) is 2.51. The van der Waals surface area contributed by atoms with Crippen molar-refractivity contribution in [2.24, 2.45) is 10.7 Å². The Bertz CT molecular complexity index is 1260. The van der Waals surface area contributed by atoms with E-state index >= 15 is 0 Å². The summed E-state index contributed by atoms with van der Waals surface area (Å²) in [4.78, 5) is 11.9. The van der Waals surface area contributed by atoms with E-state index < -0.39 is 5.54 Å². The predicted molar refractivity (Wildman–Crippen MR) is 120 cm³/mol. The van der Waals surface area contributed by atoms with Gasteiger partial charge in [-0.3, -0.25) is 0 Å². The lowest BCUT2D eigenvalue weighted by atomic mass is 9.81. The average molecular weight is 426 g/mol. The zero-order valence-corrected chi connectivity index (χ0v) is 17.4. The summed E-state index contributed by atoms with van der Waals surface area (Å²) in [5.41, 5.74) is 10.4. The molecule has 0 aliphatic carbocycles. The van der Waals surface area contributed by atoms with E-state index in [9.17, 15) is 0 Å². The molecule has 0 unspecified atom stereocenters. The molecule has 160 valence electrons. The molecule has 1 aromatic heterocycles. The average Bonchev–Trinajstić information content (AvgIpc) is 3.56. The Labute approximate surface area is 185 Å². The van der Waals surface area contributed by atoms with E-state index in [2.05, 4.69) is 35.2 Å².